The van der Waals surface area contributed by atoms with Crippen LogP contribution in [-0.4, -0.2) is 13.4 Å². The third-order valence-corrected chi connectivity index (χ3v) is 3.99. The number of hydrogen-bond donors (Lipinski definition) is 0. The van der Waals surface area contributed by atoms with E-state index in [4.69, 9.17) is 18.9 Å². The van der Waals surface area contributed by atoms with Crippen molar-refractivity contribution in [2.24, 2.45) is 5.92 Å². The highest BCUT2D eigenvalue weighted by Crippen LogP contribution is 2.35. The van der Waals surface area contributed by atoms with Crippen molar-refractivity contribution in [3.63, 3.8) is 0 Å². The van der Waals surface area contributed by atoms with Gasteiger partial charge in [0.15, 0.2) is 11.5 Å². The zero-order chi connectivity index (χ0) is 15.9. The highest BCUT2D eigenvalue weighted by atomic mass is 16.7. The Bertz CT molecular complexity index is 564. The fraction of sp³-hybridized carbons (Fsp3) is 0.474. The average Bonchev–Trinajstić information content (AvgIpc) is 2.92. The second kappa shape index (κ2) is 8.06. The van der Waals surface area contributed by atoms with Gasteiger partial charge in [-0.15, -0.1) is 0 Å². The Morgan fingerprint density at radius 1 is 1.17 bits per heavy atom. The molecule has 1 aromatic carbocycles. The summed E-state index contributed by atoms with van der Waals surface area (Å²) >= 11 is 0. The van der Waals surface area contributed by atoms with E-state index in [1.807, 2.05) is 24.3 Å². The van der Waals surface area contributed by atoms with Gasteiger partial charge in [-0.3, -0.25) is 0 Å². The summed E-state index contributed by atoms with van der Waals surface area (Å²) in [5, 5.41) is 0. The molecule has 0 saturated carbocycles. The summed E-state index contributed by atoms with van der Waals surface area (Å²) in [6, 6.07) is 5.76. The minimum Gasteiger partial charge on any atom is -0.469 e. The monoisotopic (exact) mass is 316 g/mol. The minimum atomic E-state index is -0.403. The van der Waals surface area contributed by atoms with Gasteiger partial charge in [-0.05, 0) is 37.1 Å². The van der Waals surface area contributed by atoms with E-state index >= 15 is 0 Å². The topological polar surface area (TPSA) is 36.9 Å². The lowest BCUT2D eigenvalue weighted by molar-refractivity contribution is -0.106. The first-order valence-electron chi connectivity index (χ1n) is 8.37. The molecule has 4 nitrogen and oxygen atoms in total. The molecule has 4 heteroatoms. The Hall–Kier alpha value is -1.94. The molecular weight excluding hydrogens is 292 g/mol. The molecule has 1 aromatic rings. The van der Waals surface area contributed by atoms with Crippen LogP contribution in [0.1, 0.15) is 44.5 Å². The summed E-state index contributed by atoms with van der Waals surface area (Å²) in [7, 11) is 0. The van der Waals surface area contributed by atoms with Gasteiger partial charge in [0.05, 0.1) is 12.9 Å². The van der Waals surface area contributed by atoms with Gasteiger partial charge in [-0.1, -0.05) is 31.9 Å². The van der Waals surface area contributed by atoms with Crippen LogP contribution in [0, 0.1) is 5.92 Å². The van der Waals surface area contributed by atoms with Crippen LogP contribution in [0.25, 0.3) is 0 Å². The van der Waals surface area contributed by atoms with Crippen LogP contribution in [-0.2, 0) is 9.47 Å². The molecular formula is C19H24O4. The van der Waals surface area contributed by atoms with Gasteiger partial charge in [-0.2, -0.15) is 0 Å². The molecule has 124 valence electrons. The first kappa shape index (κ1) is 15.9. The van der Waals surface area contributed by atoms with Crippen molar-refractivity contribution in [3.05, 3.63) is 48.3 Å². The molecule has 0 N–H and O–H groups in total. The molecule has 0 aliphatic carbocycles. The first-order valence-corrected chi connectivity index (χ1v) is 8.37. The Kier molecular flexibility index (Phi) is 5.59. The highest BCUT2D eigenvalue weighted by Gasteiger charge is 2.21. The lowest BCUT2D eigenvalue weighted by Gasteiger charge is -2.16. The quantitative estimate of drug-likeness (QED) is 0.562. The maximum atomic E-state index is 5.91. The van der Waals surface area contributed by atoms with Gasteiger partial charge in [0.25, 0.3) is 0 Å². The van der Waals surface area contributed by atoms with Gasteiger partial charge in [0.1, 0.15) is 0 Å². The van der Waals surface area contributed by atoms with E-state index in [2.05, 4.69) is 19.1 Å². The number of fused-ring (bicyclic) bond motifs is 1. The van der Waals surface area contributed by atoms with E-state index in [1.165, 1.54) is 19.3 Å². The normalized spacial score (nSPS) is 23.0. The maximum Gasteiger partial charge on any atom is 0.231 e. The largest absolute Gasteiger partial charge is 0.469 e. The minimum absolute atomic E-state index is 0.260. The Morgan fingerprint density at radius 3 is 3.00 bits per heavy atom. The van der Waals surface area contributed by atoms with Gasteiger partial charge >= 0.3 is 0 Å². The summed E-state index contributed by atoms with van der Waals surface area (Å²) in [5.74, 6) is 1.77. The van der Waals surface area contributed by atoms with Crippen molar-refractivity contribution in [1.29, 1.82) is 0 Å². The smallest absolute Gasteiger partial charge is 0.231 e. The van der Waals surface area contributed by atoms with Gasteiger partial charge in [0.2, 0.25) is 13.1 Å². The zero-order valence-corrected chi connectivity index (χ0v) is 13.6. The number of rotatable bonds is 6. The lowest BCUT2D eigenvalue weighted by Crippen LogP contribution is -2.08. The Balaban J connectivity index is 1.54. The Labute approximate surface area is 137 Å². The molecule has 0 saturated heterocycles. The molecule has 0 bridgehead atoms. The summed E-state index contributed by atoms with van der Waals surface area (Å²) < 4.78 is 22.3. The van der Waals surface area contributed by atoms with Crippen molar-refractivity contribution in [3.8, 4) is 11.5 Å². The van der Waals surface area contributed by atoms with Crippen LogP contribution < -0.4 is 9.47 Å². The fourth-order valence-corrected chi connectivity index (χ4v) is 2.65. The van der Waals surface area contributed by atoms with Crippen LogP contribution >= 0.6 is 0 Å². The van der Waals surface area contributed by atoms with Crippen LogP contribution in [0.3, 0.4) is 0 Å². The second-order valence-corrected chi connectivity index (χ2v) is 5.83. The Morgan fingerprint density at radius 2 is 2.09 bits per heavy atom. The van der Waals surface area contributed by atoms with Gasteiger partial charge in [0, 0.05) is 11.5 Å². The molecule has 0 aromatic heterocycles. The van der Waals surface area contributed by atoms with Crippen molar-refractivity contribution in [2.75, 3.05) is 13.4 Å². The standard InChI is InChI=1S/C19H24O4/c1-2-3-4-5-6-7-15-10-11-20-19(21-13-15)16-8-9-17-18(12-16)23-14-22-17/h6-12,15,19H,2-5,13-14H2,1H3/b7-6+. The SMILES string of the molecule is CCCCC/C=C/C1C=COC(c2ccc3c(c2)OCO3)OC1. The average molecular weight is 316 g/mol. The predicted molar refractivity (Wildman–Crippen MR) is 88.3 cm³/mol. The second-order valence-electron chi connectivity index (χ2n) is 5.83. The number of ether oxygens (including phenoxy) is 4. The summed E-state index contributed by atoms with van der Waals surface area (Å²) in [5.41, 5.74) is 0.937. The summed E-state index contributed by atoms with van der Waals surface area (Å²) in [6.45, 7) is 3.11. The molecule has 3 rings (SSSR count). The van der Waals surface area contributed by atoms with Crippen LogP contribution in [0.15, 0.2) is 42.7 Å². The van der Waals surface area contributed by atoms with Crippen molar-refractivity contribution < 1.29 is 18.9 Å². The third-order valence-electron chi connectivity index (χ3n) is 3.99. The van der Waals surface area contributed by atoms with E-state index in [9.17, 15) is 0 Å². The van der Waals surface area contributed by atoms with E-state index in [0.717, 1.165) is 23.5 Å². The molecule has 0 amide bonds. The zero-order valence-electron chi connectivity index (χ0n) is 13.6. The molecule has 2 aliphatic heterocycles. The molecule has 2 unspecified atom stereocenters. The van der Waals surface area contributed by atoms with Gasteiger partial charge in [-0.25, -0.2) is 0 Å². The molecule has 0 fully saturated rings. The first-order chi connectivity index (χ1) is 11.4. The van der Waals surface area contributed by atoms with E-state index in [0.29, 0.717) is 6.61 Å². The highest BCUT2D eigenvalue weighted by molar-refractivity contribution is 5.44. The van der Waals surface area contributed by atoms with Crippen molar-refractivity contribution in [2.45, 2.75) is 38.9 Å². The third kappa shape index (κ3) is 4.29. The number of unbranched alkanes of at least 4 members (excludes halogenated alkanes) is 3. The number of benzene rings is 1. The number of hydrogen-bond acceptors (Lipinski definition) is 4. The summed E-state index contributed by atoms with van der Waals surface area (Å²) in [4.78, 5) is 0. The maximum absolute atomic E-state index is 5.91. The van der Waals surface area contributed by atoms with Gasteiger partial charge < -0.3 is 18.9 Å². The van der Waals surface area contributed by atoms with Crippen LogP contribution in [0.4, 0.5) is 0 Å². The van der Waals surface area contributed by atoms with E-state index in [-0.39, 0.29) is 12.7 Å². The molecule has 23 heavy (non-hydrogen) atoms. The van der Waals surface area contributed by atoms with Crippen molar-refractivity contribution in [1.82, 2.24) is 0 Å². The lowest BCUT2D eigenvalue weighted by atomic mass is 10.1. The fourth-order valence-electron chi connectivity index (χ4n) is 2.65. The molecule has 2 heterocycles. The number of allylic oxidation sites excluding steroid dienone is 1. The van der Waals surface area contributed by atoms with Crippen molar-refractivity contribution >= 4 is 0 Å². The molecule has 2 aliphatic rings. The van der Waals surface area contributed by atoms with Crippen LogP contribution in [0.5, 0.6) is 11.5 Å². The van der Waals surface area contributed by atoms with E-state index < -0.39 is 6.29 Å². The molecule has 2 atom stereocenters. The molecule has 0 spiro atoms. The predicted octanol–water partition coefficient (Wildman–Crippen LogP) is 4.73. The van der Waals surface area contributed by atoms with E-state index in [1.54, 1.807) is 6.26 Å². The summed E-state index contributed by atoms with van der Waals surface area (Å²) in [6.07, 6.45) is 12.8. The van der Waals surface area contributed by atoms with Crippen LogP contribution in [0.2, 0.25) is 0 Å². The molecule has 0 radical (unpaired) electrons.